The summed E-state index contributed by atoms with van der Waals surface area (Å²) in [6.07, 6.45) is 2.09. The van der Waals surface area contributed by atoms with Crippen molar-refractivity contribution in [2.45, 2.75) is 12.7 Å². The Morgan fingerprint density at radius 3 is 2.26 bits per heavy atom. The fraction of sp³-hybridized carbons (Fsp3) is 0.130. The number of anilines is 1. The van der Waals surface area contributed by atoms with Gasteiger partial charge in [-0.1, -0.05) is 78.4 Å². The minimum Gasteiger partial charge on any atom is -0.265 e. The van der Waals surface area contributed by atoms with Crippen molar-refractivity contribution in [2.24, 2.45) is 0 Å². The second kappa shape index (κ2) is 7.05. The number of aryl methyl sites for hydroxylation is 1. The SMILES string of the molecule is Cc1ccc(C2=Cc3ccccc3N(S(=O)(=O)Cc3ccccc3)C2)cc1. The number of hydrogen-bond acceptors (Lipinski definition) is 2. The summed E-state index contributed by atoms with van der Waals surface area (Å²) in [5.74, 6) is -0.0106. The zero-order valence-electron chi connectivity index (χ0n) is 15.2. The lowest BCUT2D eigenvalue weighted by atomic mass is 9.98. The molecule has 0 unspecified atom stereocenters. The number of hydrogen-bond donors (Lipinski definition) is 0. The Morgan fingerprint density at radius 2 is 1.52 bits per heavy atom. The van der Waals surface area contributed by atoms with Crippen molar-refractivity contribution in [3.05, 3.63) is 101 Å². The first-order chi connectivity index (χ1) is 13.0. The number of fused-ring (bicyclic) bond motifs is 1. The van der Waals surface area contributed by atoms with Crippen LogP contribution in [0.1, 0.15) is 22.3 Å². The molecule has 3 nitrogen and oxygen atoms in total. The van der Waals surface area contributed by atoms with E-state index in [4.69, 9.17) is 0 Å². The molecular formula is C23H21NO2S. The van der Waals surface area contributed by atoms with E-state index in [9.17, 15) is 8.42 Å². The molecule has 0 spiro atoms. The van der Waals surface area contributed by atoms with Gasteiger partial charge in [0.2, 0.25) is 10.0 Å². The molecule has 0 bridgehead atoms. The minimum atomic E-state index is -3.51. The number of para-hydroxylation sites is 1. The molecule has 1 heterocycles. The highest BCUT2D eigenvalue weighted by Gasteiger charge is 2.28. The summed E-state index contributed by atoms with van der Waals surface area (Å²) >= 11 is 0. The standard InChI is InChI=1S/C23H21NO2S/c1-18-11-13-20(14-12-18)22-15-21-9-5-6-10-23(21)24(16-22)27(25,26)17-19-7-3-2-4-8-19/h2-15H,16-17H2,1H3. The fourth-order valence-electron chi connectivity index (χ4n) is 3.36. The summed E-state index contributed by atoms with van der Waals surface area (Å²) in [7, 11) is -3.51. The van der Waals surface area contributed by atoms with Gasteiger partial charge in [-0.2, -0.15) is 0 Å². The Bertz CT molecular complexity index is 1080. The average Bonchev–Trinajstić information content (AvgIpc) is 2.68. The van der Waals surface area contributed by atoms with Gasteiger partial charge in [0.1, 0.15) is 0 Å². The van der Waals surface area contributed by atoms with Crippen LogP contribution >= 0.6 is 0 Å². The number of nitrogens with zero attached hydrogens (tertiary/aromatic N) is 1. The molecule has 4 heteroatoms. The zero-order valence-corrected chi connectivity index (χ0v) is 16.0. The van der Waals surface area contributed by atoms with Crippen LogP contribution in [0, 0.1) is 6.92 Å². The second-order valence-electron chi connectivity index (χ2n) is 6.84. The smallest absolute Gasteiger partial charge is 0.239 e. The number of rotatable bonds is 4. The van der Waals surface area contributed by atoms with Crippen LogP contribution in [0.15, 0.2) is 78.9 Å². The summed E-state index contributed by atoms with van der Waals surface area (Å²) < 4.78 is 28.0. The van der Waals surface area contributed by atoms with E-state index in [2.05, 4.69) is 30.3 Å². The van der Waals surface area contributed by atoms with Crippen LogP contribution in [0.2, 0.25) is 0 Å². The van der Waals surface area contributed by atoms with Crippen LogP contribution < -0.4 is 4.31 Å². The van der Waals surface area contributed by atoms with Crippen LogP contribution in [0.4, 0.5) is 5.69 Å². The highest BCUT2D eigenvalue weighted by atomic mass is 32.2. The highest BCUT2D eigenvalue weighted by Crippen LogP contribution is 2.35. The zero-order chi connectivity index (χ0) is 18.9. The lowest BCUT2D eigenvalue weighted by molar-refractivity contribution is 0.592. The lowest BCUT2D eigenvalue weighted by Gasteiger charge is -2.31. The first-order valence-corrected chi connectivity index (χ1v) is 10.5. The van der Waals surface area contributed by atoms with Gasteiger partial charge in [0.25, 0.3) is 0 Å². The van der Waals surface area contributed by atoms with E-state index in [0.29, 0.717) is 6.54 Å². The summed E-state index contributed by atoms with van der Waals surface area (Å²) in [6.45, 7) is 2.39. The molecule has 0 N–H and O–H groups in total. The molecule has 1 aliphatic rings. The van der Waals surface area contributed by atoms with Crippen molar-refractivity contribution in [1.82, 2.24) is 0 Å². The largest absolute Gasteiger partial charge is 0.265 e. The van der Waals surface area contributed by atoms with Crippen LogP contribution in [0.3, 0.4) is 0 Å². The van der Waals surface area contributed by atoms with Gasteiger partial charge in [0.05, 0.1) is 18.0 Å². The van der Waals surface area contributed by atoms with Gasteiger partial charge >= 0.3 is 0 Å². The van der Waals surface area contributed by atoms with Crippen molar-refractivity contribution >= 4 is 27.4 Å². The highest BCUT2D eigenvalue weighted by molar-refractivity contribution is 7.92. The average molecular weight is 375 g/mol. The quantitative estimate of drug-likeness (QED) is 0.651. The minimum absolute atomic E-state index is 0.0106. The molecule has 0 aliphatic carbocycles. The Labute approximate surface area is 160 Å². The predicted octanol–water partition coefficient (Wildman–Crippen LogP) is 4.89. The third-order valence-corrected chi connectivity index (χ3v) is 6.49. The van der Waals surface area contributed by atoms with Gasteiger partial charge in [0.15, 0.2) is 0 Å². The summed E-state index contributed by atoms with van der Waals surface area (Å²) in [5.41, 5.74) is 5.70. The van der Waals surface area contributed by atoms with E-state index in [0.717, 1.165) is 28.0 Å². The molecule has 1 aliphatic heterocycles. The van der Waals surface area contributed by atoms with Gasteiger partial charge in [-0.3, -0.25) is 4.31 Å². The van der Waals surface area contributed by atoms with Crippen molar-refractivity contribution in [2.75, 3.05) is 10.8 Å². The number of benzene rings is 3. The maximum atomic E-state index is 13.2. The van der Waals surface area contributed by atoms with Gasteiger partial charge in [0, 0.05) is 0 Å². The molecule has 0 fully saturated rings. The van der Waals surface area contributed by atoms with Crippen LogP contribution in [-0.4, -0.2) is 15.0 Å². The first kappa shape index (κ1) is 17.6. The van der Waals surface area contributed by atoms with E-state index >= 15 is 0 Å². The Hall–Kier alpha value is -2.85. The molecule has 0 radical (unpaired) electrons. The lowest BCUT2D eigenvalue weighted by Crippen LogP contribution is -2.35. The molecule has 0 atom stereocenters. The van der Waals surface area contributed by atoms with Crippen LogP contribution in [0.25, 0.3) is 11.6 Å². The van der Waals surface area contributed by atoms with Gasteiger partial charge in [-0.25, -0.2) is 8.42 Å². The van der Waals surface area contributed by atoms with E-state index in [1.165, 1.54) is 5.56 Å². The molecule has 0 saturated carbocycles. The van der Waals surface area contributed by atoms with E-state index in [1.807, 2.05) is 61.5 Å². The molecule has 3 aromatic carbocycles. The summed E-state index contributed by atoms with van der Waals surface area (Å²) in [4.78, 5) is 0. The molecule has 0 saturated heterocycles. The van der Waals surface area contributed by atoms with Crippen molar-refractivity contribution in [1.29, 1.82) is 0 Å². The fourth-order valence-corrected chi connectivity index (χ4v) is 4.93. The van der Waals surface area contributed by atoms with Crippen LogP contribution in [0.5, 0.6) is 0 Å². The predicted molar refractivity (Wildman–Crippen MR) is 112 cm³/mol. The Balaban J connectivity index is 1.75. The summed E-state index contributed by atoms with van der Waals surface area (Å²) in [5, 5.41) is 0. The van der Waals surface area contributed by atoms with Crippen molar-refractivity contribution in [3.63, 3.8) is 0 Å². The Kier molecular flexibility index (Phi) is 4.58. The normalized spacial score (nSPS) is 13.8. The van der Waals surface area contributed by atoms with Gasteiger partial charge < -0.3 is 0 Å². The molecule has 3 aromatic rings. The topological polar surface area (TPSA) is 37.4 Å². The monoisotopic (exact) mass is 375 g/mol. The van der Waals surface area contributed by atoms with Gasteiger partial charge in [-0.15, -0.1) is 0 Å². The van der Waals surface area contributed by atoms with Crippen molar-refractivity contribution < 1.29 is 8.42 Å². The third-order valence-electron chi connectivity index (χ3n) is 4.80. The third kappa shape index (κ3) is 3.67. The van der Waals surface area contributed by atoms with Crippen LogP contribution in [-0.2, 0) is 15.8 Å². The van der Waals surface area contributed by atoms with Crippen molar-refractivity contribution in [3.8, 4) is 0 Å². The number of sulfonamides is 1. The molecular weight excluding hydrogens is 354 g/mol. The van der Waals surface area contributed by atoms with E-state index in [1.54, 1.807) is 4.31 Å². The molecule has 136 valence electrons. The van der Waals surface area contributed by atoms with Gasteiger partial charge in [-0.05, 0) is 41.3 Å². The maximum Gasteiger partial charge on any atom is 0.239 e. The Morgan fingerprint density at radius 1 is 0.852 bits per heavy atom. The molecule has 0 aromatic heterocycles. The maximum absolute atomic E-state index is 13.2. The van der Waals surface area contributed by atoms with E-state index in [-0.39, 0.29) is 5.75 Å². The first-order valence-electron chi connectivity index (χ1n) is 8.94. The summed E-state index contributed by atoms with van der Waals surface area (Å²) in [6, 6.07) is 25.2. The molecule has 0 amide bonds. The molecule has 4 rings (SSSR count). The van der Waals surface area contributed by atoms with E-state index < -0.39 is 10.0 Å². The molecule has 27 heavy (non-hydrogen) atoms. The second-order valence-corrected chi connectivity index (χ2v) is 8.74.